The van der Waals surface area contributed by atoms with Gasteiger partial charge in [-0.3, -0.25) is 9.59 Å². The van der Waals surface area contributed by atoms with E-state index in [1.807, 2.05) is 6.92 Å². The van der Waals surface area contributed by atoms with Gasteiger partial charge in [0.2, 0.25) is 6.41 Å². The molecule has 0 aliphatic heterocycles. The first-order valence-corrected chi connectivity index (χ1v) is 6.49. The smallest absolute Gasteiger partial charge is 0.311 e. The van der Waals surface area contributed by atoms with Gasteiger partial charge in [-0.1, -0.05) is 13.3 Å². The summed E-state index contributed by atoms with van der Waals surface area (Å²) in [7, 11) is 3.24. The molecular formula is C13H24N2O4. The maximum absolute atomic E-state index is 11.4. The Bertz CT molecular complexity index is 322. The fourth-order valence-electron chi connectivity index (χ4n) is 2.91. The summed E-state index contributed by atoms with van der Waals surface area (Å²) in [5.74, 6) is -0.844. The molecule has 6 heteroatoms. The van der Waals surface area contributed by atoms with E-state index in [9.17, 15) is 14.7 Å². The van der Waals surface area contributed by atoms with Crippen LogP contribution in [0.15, 0.2) is 0 Å². The van der Waals surface area contributed by atoms with Crippen molar-refractivity contribution < 1.29 is 19.5 Å². The van der Waals surface area contributed by atoms with E-state index in [1.165, 1.54) is 0 Å². The van der Waals surface area contributed by atoms with Crippen molar-refractivity contribution in [2.24, 2.45) is 5.41 Å². The van der Waals surface area contributed by atoms with Crippen molar-refractivity contribution in [2.45, 2.75) is 44.6 Å². The number of carbonyl (C=O) groups excluding carboxylic acids is 2. The summed E-state index contributed by atoms with van der Waals surface area (Å²) in [4.78, 5) is 31.7. The van der Waals surface area contributed by atoms with Crippen molar-refractivity contribution in [2.75, 3.05) is 14.1 Å². The molecule has 1 aliphatic rings. The predicted octanol–water partition coefficient (Wildman–Crippen LogP) is 0.561. The minimum absolute atomic E-state index is 0.557. The molecule has 1 amide bonds. The van der Waals surface area contributed by atoms with Crippen molar-refractivity contribution in [1.29, 1.82) is 0 Å². The molecule has 6 nitrogen and oxygen atoms in total. The van der Waals surface area contributed by atoms with Crippen LogP contribution in [0.1, 0.15) is 39.0 Å². The number of aldehydes is 1. The van der Waals surface area contributed by atoms with E-state index >= 15 is 0 Å². The first-order chi connectivity index (χ1) is 9.00. The number of aliphatic carboxylic acids is 1. The summed E-state index contributed by atoms with van der Waals surface area (Å²) < 4.78 is 0. The molecule has 0 heterocycles. The molecule has 1 rings (SSSR count). The lowest BCUT2D eigenvalue weighted by Crippen LogP contribution is -2.58. The summed E-state index contributed by atoms with van der Waals surface area (Å²) in [5.41, 5.74) is -1.77. The van der Waals surface area contributed by atoms with E-state index in [-0.39, 0.29) is 0 Å². The van der Waals surface area contributed by atoms with Crippen LogP contribution in [0.5, 0.6) is 0 Å². The lowest BCUT2D eigenvalue weighted by molar-refractivity contribution is -0.155. The van der Waals surface area contributed by atoms with Gasteiger partial charge in [0.05, 0.1) is 11.0 Å². The normalized spacial score (nSPS) is 29.0. The van der Waals surface area contributed by atoms with E-state index in [0.29, 0.717) is 25.7 Å². The number of carbonyl (C=O) groups is 3. The predicted molar refractivity (Wildman–Crippen MR) is 71.8 cm³/mol. The molecule has 0 aromatic rings. The minimum Gasteiger partial charge on any atom is -0.481 e. The molecule has 110 valence electrons. The molecular weight excluding hydrogens is 248 g/mol. The highest BCUT2D eigenvalue weighted by atomic mass is 16.4. The van der Waals surface area contributed by atoms with Gasteiger partial charge >= 0.3 is 5.97 Å². The maximum atomic E-state index is 11.4. The molecule has 1 fully saturated rings. The second-order valence-corrected chi connectivity index (χ2v) is 4.74. The lowest BCUT2D eigenvalue weighted by atomic mass is 9.69. The Morgan fingerprint density at radius 3 is 2.21 bits per heavy atom. The van der Waals surface area contributed by atoms with E-state index in [2.05, 4.69) is 10.6 Å². The van der Waals surface area contributed by atoms with Crippen LogP contribution in [0.2, 0.25) is 0 Å². The second kappa shape index (κ2) is 7.89. The lowest BCUT2D eigenvalue weighted by Gasteiger charge is -2.38. The fourth-order valence-corrected chi connectivity index (χ4v) is 2.91. The van der Waals surface area contributed by atoms with Gasteiger partial charge in [0.1, 0.15) is 6.29 Å². The number of carboxylic acids is 1. The summed E-state index contributed by atoms with van der Waals surface area (Å²) >= 11 is 0. The van der Waals surface area contributed by atoms with Crippen molar-refractivity contribution in [3.63, 3.8) is 0 Å². The molecule has 0 aromatic heterocycles. The Kier molecular flexibility index (Phi) is 7.29. The summed E-state index contributed by atoms with van der Waals surface area (Å²) in [5, 5.41) is 14.6. The zero-order valence-electron chi connectivity index (χ0n) is 11.9. The van der Waals surface area contributed by atoms with Crippen molar-refractivity contribution >= 4 is 18.7 Å². The molecule has 2 unspecified atom stereocenters. The second-order valence-electron chi connectivity index (χ2n) is 4.74. The fraction of sp³-hybridized carbons (Fsp3) is 0.769. The molecule has 0 saturated heterocycles. The largest absolute Gasteiger partial charge is 0.481 e. The van der Waals surface area contributed by atoms with E-state index in [1.54, 1.807) is 14.1 Å². The Hall–Kier alpha value is -1.43. The van der Waals surface area contributed by atoms with Gasteiger partial charge in [-0.15, -0.1) is 0 Å². The number of carboxylic acid groups (broad SMARTS) is 1. The van der Waals surface area contributed by atoms with Gasteiger partial charge < -0.3 is 20.5 Å². The van der Waals surface area contributed by atoms with Crippen LogP contribution in [0.4, 0.5) is 0 Å². The van der Waals surface area contributed by atoms with E-state index in [0.717, 1.165) is 19.1 Å². The minimum atomic E-state index is -0.905. The van der Waals surface area contributed by atoms with Crippen LogP contribution >= 0.6 is 0 Å². The quantitative estimate of drug-likeness (QED) is 0.614. The third-order valence-electron chi connectivity index (χ3n) is 3.88. The third-order valence-corrected chi connectivity index (χ3v) is 3.88. The molecule has 19 heavy (non-hydrogen) atoms. The molecule has 3 N–H and O–H groups in total. The van der Waals surface area contributed by atoms with Gasteiger partial charge in [0.15, 0.2) is 0 Å². The number of rotatable bonds is 6. The molecule has 1 aliphatic carbocycles. The maximum Gasteiger partial charge on any atom is 0.311 e. The Balaban J connectivity index is 0.000000711. The van der Waals surface area contributed by atoms with Crippen molar-refractivity contribution in [3.05, 3.63) is 0 Å². The van der Waals surface area contributed by atoms with Crippen LogP contribution < -0.4 is 10.6 Å². The highest BCUT2D eigenvalue weighted by Crippen LogP contribution is 2.48. The number of nitrogens with one attached hydrogen (secondary N) is 2. The van der Waals surface area contributed by atoms with Gasteiger partial charge in [-0.25, -0.2) is 0 Å². The molecule has 0 aromatic carbocycles. The standard InChI is InChI=1S/C11H19NO3.C2H5NO/c1-3-5-10(9(14)15)6-4-7-11(10,8-13)12-2;1-3-2-4/h8,12H,3-7H2,1-2H3,(H,14,15);2H,1H3,(H,3,4). The van der Waals surface area contributed by atoms with Gasteiger partial charge in [-0.05, 0) is 32.7 Å². The summed E-state index contributed by atoms with van der Waals surface area (Å²) in [6.45, 7) is 1.95. The zero-order chi connectivity index (χ0) is 14.9. The summed E-state index contributed by atoms with van der Waals surface area (Å²) in [6.07, 6.45) is 4.77. The molecule has 0 bridgehead atoms. The van der Waals surface area contributed by atoms with Crippen LogP contribution in [-0.4, -0.2) is 43.4 Å². The highest BCUT2D eigenvalue weighted by Gasteiger charge is 2.58. The first kappa shape index (κ1) is 17.6. The number of hydrogen-bond donors (Lipinski definition) is 3. The first-order valence-electron chi connectivity index (χ1n) is 6.49. The van der Waals surface area contributed by atoms with Crippen LogP contribution in [-0.2, 0) is 14.4 Å². The highest BCUT2D eigenvalue weighted by molar-refractivity contribution is 5.85. The van der Waals surface area contributed by atoms with Crippen molar-refractivity contribution in [1.82, 2.24) is 10.6 Å². The average Bonchev–Trinajstić information content (AvgIpc) is 2.79. The molecule has 1 saturated carbocycles. The Morgan fingerprint density at radius 1 is 1.32 bits per heavy atom. The third kappa shape index (κ3) is 3.32. The van der Waals surface area contributed by atoms with Gasteiger partial charge in [-0.2, -0.15) is 0 Å². The SMILES string of the molecule is CCCC1(C(=O)O)CCCC1(C=O)NC.CNC=O. The van der Waals surface area contributed by atoms with E-state index < -0.39 is 16.9 Å². The topological polar surface area (TPSA) is 95.5 Å². The number of amides is 1. The monoisotopic (exact) mass is 272 g/mol. The van der Waals surface area contributed by atoms with Crippen LogP contribution in [0.3, 0.4) is 0 Å². The molecule has 0 spiro atoms. The van der Waals surface area contributed by atoms with Crippen molar-refractivity contribution in [3.8, 4) is 0 Å². The number of likely N-dealkylation sites (N-methyl/N-ethyl adjacent to an activating group) is 1. The number of hydrogen-bond acceptors (Lipinski definition) is 4. The summed E-state index contributed by atoms with van der Waals surface area (Å²) in [6, 6.07) is 0. The molecule has 0 radical (unpaired) electrons. The van der Waals surface area contributed by atoms with E-state index in [4.69, 9.17) is 4.79 Å². The van der Waals surface area contributed by atoms with Gasteiger partial charge in [0.25, 0.3) is 0 Å². The van der Waals surface area contributed by atoms with Crippen LogP contribution in [0.25, 0.3) is 0 Å². The Labute approximate surface area is 113 Å². The Morgan fingerprint density at radius 2 is 1.89 bits per heavy atom. The average molecular weight is 272 g/mol. The van der Waals surface area contributed by atoms with Gasteiger partial charge in [0, 0.05) is 7.05 Å². The van der Waals surface area contributed by atoms with Crippen LogP contribution in [0, 0.1) is 5.41 Å². The zero-order valence-corrected chi connectivity index (χ0v) is 11.9. The molecule has 2 atom stereocenters.